The second kappa shape index (κ2) is 4.77. The quantitative estimate of drug-likeness (QED) is 0.734. The van der Waals surface area contributed by atoms with Crippen LogP contribution in [0.5, 0.6) is 0 Å². The van der Waals surface area contributed by atoms with Crippen molar-refractivity contribution in [1.29, 1.82) is 0 Å². The number of anilines is 1. The van der Waals surface area contributed by atoms with Crippen LogP contribution in [0.25, 0.3) is 10.9 Å². The summed E-state index contributed by atoms with van der Waals surface area (Å²) in [6.07, 6.45) is 1.74. The van der Waals surface area contributed by atoms with E-state index < -0.39 is 11.6 Å². The largest absolute Gasteiger partial charge is 0.361 e. The summed E-state index contributed by atoms with van der Waals surface area (Å²) in [5, 5.41) is 3.45. The summed E-state index contributed by atoms with van der Waals surface area (Å²) in [6, 6.07) is 10.4. The Morgan fingerprint density at radius 1 is 1.05 bits per heavy atom. The normalized spacial score (nSPS) is 10.7. The van der Waals surface area contributed by atoms with Crippen LogP contribution in [0.2, 0.25) is 0 Å². The summed E-state index contributed by atoms with van der Waals surface area (Å²) in [4.78, 5) is 15.2. The molecule has 1 amide bonds. The molecule has 0 saturated carbocycles. The number of aromatic nitrogens is 1. The summed E-state index contributed by atoms with van der Waals surface area (Å²) in [5.74, 6) is -2.33. The van der Waals surface area contributed by atoms with Crippen LogP contribution in [0.15, 0.2) is 48.7 Å². The fourth-order valence-corrected chi connectivity index (χ4v) is 2.05. The fraction of sp³-hybridized carbons (Fsp3) is 0. The molecule has 1 heterocycles. The first-order valence-corrected chi connectivity index (χ1v) is 5.97. The van der Waals surface area contributed by atoms with Crippen LogP contribution in [0.4, 0.5) is 14.5 Å². The Morgan fingerprint density at radius 3 is 2.70 bits per heavy atom. The minimum absolute atomic E-state index is 0.206. The maximum atomic E-state index is 13.1. The van der Waals surface area contributed by atoms with E-state index in [-0.39, 0.29) is 11.6 Å². The highest BCUT2D eigenvalue weighted by Gasteiger charge is 2.12. The van der Waals surface area contributed by atoms with Crippen molar-refractivity contribution in [3.63, 3.8) is 0 Å². The predicted molar refractivity (Wildman–Crippen MR) is 72.6 cm³/mol. The maximum absolute atomic E-state index is 13.1. The second-order valence-corrected chi connectivity index (χ2v) is 4.33. The minimum atomic E-state index is -0.999. The van der Waals surface area contributed by atoms with Crippen LogP contribution < -0.4 is 5.32 Å². The highest BCUT2D eigenvalue weighted by Crippen LogP contribution is 2.19. The molecular formula is C15H10F2N2O. The van der Waals surface area contributed by atoms with E-state index in [1.54, 1.807) is 18.3 Å². The van der Waals surface area contributed by atoms with Gasteiger partial charge in [-0.15, -0.1) is 0 Å². The number of nitrogens with one attached hydrogen (secondary N) is 2. The molecule has 0 unspecified atom stereocenters. The highest BCUT2D eigenvalue weighted by atomic mass is 19.2. The fourth-order valence-electron chi connectivity index (χ4n) is 2.05. The van der Waals surface area contributed by atoms with Gasteiger partial charge in [0.25, 0.3) is 5.91 Å². The molecule has 0 radical (unpaired) electrons. The van der Waals surface area contributed by atoms with Crippen molar-refractivity contribution < 1.29 is 13.6 Å². The smallest absolute Gasteiger partial charge is 0.257 e. The average molecular weight is 272 g/mol. The van der Waals surface area contributed by atoms with E-state index >= 15 is 0 Å². The number of aromatic amines is 1. The summed E-state index contributed by atoms with van der Waals surface area (Å²) >= 11 is 0. The number of para-hydroxylation sites is 1. The van der Waals surface area contributed by atoms with Gasteiger partial charge in [-0.2, -0.15) is 0 Å². The number of carbonyl (C=O) groups excluding carboxylic acids is 1. The van der Waals surface area contributed by atoms with Gasteiger partial charge in [-0.1, -0.05) is 12.1 Å². The maximum Gasteiger partial charge on any atom is 0.257 e. The molecular weight excluding hydrogens is 262 g/mol. The third-order valence-corrected chi connectivity index (χ3v) is 3.01. The molecule has 20 heavy (non-hydrogen) atoms. The number of carbonyl (C=O) groups is 1. The van der Waals surface area contributed by atoms with Gasteiger partial charge in [0.15, 0.2) is 11.6 Å². The molecule has 0 saturated heterocycles. The number of halogens is 2. The first-order valence-electron chi connectivity index (χ1n) is 5.97. The van der Waals surface area contributed by atoms with E-state index in [2.05, 4.69) is 10.3 Å². The summed E-state index contributed by atoms with van der Waals surface area (Å²) in [6.45, 7) is 0. The lowest BCUT2D eigenvalue weighted by Crippen LogP contribution is -2.12. The van der Waals surface area contributed by atoms with E-state index in [0.29, 0.717) is 11.1 Å². The molecule has 0 spiro atoms. The van der Waals surface area contributed by atoms with Crippen LogP contribution in [-0.2, 0) is 0 Å². The molecule has 0 bridgehead atoms. The molecule has 2 aromatic carbocycles. The number of rotatable bonds is 2. The van der Waals surface area contributed by atoms with Gasteiger partial charge in [0.1, 0.15) is 0 Å². The van der Waals surface area contributed by atoms with Crippen LogP contribution in [0.3, 0.4) is 0 Å². The number of fused-ring (bicyclic) bond motifs is 1. The molecule has 0 aliphatic carbocycles. The summed E-state index contributed by atoms with van der Waals surface area (Å²) < 4.78 is 25.9. The summed E-state index contributed by atoms with van der Waals surface area (Å²) in [5.41, 5.74) is 1.35. The number of benzene rings is 2. The van der Waals surface area contributed by atoms with Crippen molar-refractivity contribution in [2.45, 2.75) is 0 Å². The van der Waals surface area contributed by atoms with Crippen molar-refractivity contribution >= 4 is 22.5 Å². The van der Waals surface area contributed by atoms with Crippen LogP contribution in [0.1, 0.15) is 10.4 Å². The van der Waals surface area contributed by atoms with Gasteiger partial charge < -0.3 is 10.3 Å². The molecule has 3 rings (SSSR count). The molecule has 3 aromatic rings. The lowest BCUT2D eigenvalue weighted by atomic mass is 10.1. The molecule has 100 valence electrons. The van der Waals surface area contributed by atoms with Crippen LogP contribution >= 0.6 is 0 Å². The van der Waals surface area contributed by atoms with Crippen molar-refractivity contribution in [1.82, 2.24) is 4.98 Å². The molecule has 0 aliphatic rings. The van der Waals surface area contributed by atoms with Crippen LogP contribution in [0, 0.1) is 11.6 Å². The van der Waals surface area contributed by atoms with Gasteiger partial charge in [-0.05, 0) is 24.3 Å². The Kier molecular flexibility index (Phi) is 2.95. The van der Waals surface area contributed by atoms with Crippen LogP contribution in [-0.4, -0.2) is 10.9 Å². The van der Waals surface area contributed by atoms with Gasteiger partial charge in [0.05, 0.1) is 11.1 Å². The zero-order chi connectivity index (χ0) is 14.1. The van der Waals surface area contributed by atoms with E-state index in [4.69, 9.17) is 0 Å². The Balaban J connectivity index is 1.93. The van der Waals surface area contributed by atoms with Gasteiger partial charge >= 0.3 is 0 Å². The SMILES string of the molecule is O=C(Nc1ccc(F)c(F)c1)c1cccc2cc[nH]c12. The zero-order valence-electron chi connectivity index (χ0n) is 10.3. The molecule has 0 aliphatic heterocycles. The Bertz CT molecular complexity index is 795. The summed E-state index contributed by atoms with van der Waals surface area (Å²) in [7, 11) is 0. The molecule has 1 aromatic heterocycles. The van der Waals surface area contributed by atoms with E-state index in [1.807, 2.05) is 12.1 Å². The standard InChI is InChI=1S/C15H10F2N2O/c16-12-5-4-10(8-13(12)17)19-15(20)11-3-1-2-9-6-7-18-14(9)11/h1-8,18H,(H,19,20). The highest BCUT2D eigenvalue weighted by molar-refractivity contribution is 6.11. The van der Waals surface area contributed by atoms with Gasteiger partial charge in [0.2, 0.25) is 0 Å². The monoisotopic (exact) mass is 272 g/mol. The third kappa shape index (κ3) is 2.14. The van der Waals surface area contributed by atoms with Crippen molar-refractivity contribution in [2.24, 2.45) is 0 Å². The van der Waals surface area contributed by atoms with Crippen molar-refractivity contribution in [2.75, 3.05) is 5.32 Å². The topological polar surface area (TPSA) is 44.9 Å². The second-order valence-electron chi connectivity index (χ2n) is 4.33. The van der Waals surface area contributed by atoms with E-state index in [0.717, 1.165) is 17.5 Å². The molecule has 0 fully saturated rings. The van der Waals surface area contributed by atoms with Crippen molar-refractivity contribution in [3.8, 4) is 0 Å². The first-order chi connectivity index (χ1) is 9.65. The molecule has 2 N–H and O–H groups in total. The number of hydrogen-bond donors (Lipinski definition) is 2. The number of hydrogen-bond acceptors (Lipinski definition) is 1. The van der Waals surface area contributed by atoms with Gasteiger partial charge in [0, 0.05) is 23.3 Å². The average Bonchev–Trinajstić information content (AvgIpc) is 2.91. The Hall–Kier alpha value is -2.69. The Labute approximate surface area is 113 Å². The Morgan fingerprint density at radius 2 is 1.90 bits per heavy atom. The number of H-pyrrole nitrogens is 1. The van der Waals surface area contributed by atoms with E-state index in [9.17, 15) is 13.6 Å². The lowest BCUT2D eigenvalue weighted by molar-refractivity contribution is 0.102. The van der Waals surface area contributed by atoms with Gasteiger partial charge in [-0.3, -0.25) is 4.79 Å². The number of amides is 1. The first kappa shape index (κ1) is 12.3. The van der Waals surface area contributed by atoms with E-state index in [1.165, 1.54) is 6.07 Å². The minimum Gasteiger partial charge on any atom is -0.361 e. The molecule has 5 heteroatoms. The zero-order valence-corrected chi connectivity index (χ0v) is 10.3. The predicted octanol–water partition coefficient (Wildman–Crippen LogP) is 3.70. The van der Waals surface area contributed by atoms with Gasteiger partial charge in [-0.25, -0.2) is 8.78 Å². The molecule has 3 nitrogen and oxygen atoms in total. The van der Waals surface area contributed by atoms with Crippen molar-refractivity contribution in [3.05, 3.63) is 65.9 Å². The molecule has 0 atom stereocenters. The lowest BCUT2D eigenvalue weighted by Gasteiger charge is -2.06. The third-order valence-electron chi connectivity index (χ3n) is 3.01.